The molecule has 100 valence electrons. The van der Waals surface area contributed by atoms with Gasteiger partial charge in [0.1, 0.15) is 12.1 Å². The third kappa shape index (κ3) is 3.19. The molecule has 0 radical (unpaired) electrons. The number of carbonyl (C=O) groups excluding carboxylic acids is 3. The highest BCUT2D eigenvalue weighted by Crippen LogP contribution is 2.05. The first-order valence-electron chi connectivity index (χ1n) is 6.25. The molecular formula is C11H18N4O3. The van der Waals surface area contributed by atoms with Gasteiger partial charge in [-0.1, -0.05) is 0 Å². The molecule has 2 rings (SSSR count). The summed E-state index contributed by atoms with van der Waals surface area (Å²) in [5.74, 6) is -0.482. The van der Waals surface area contributed by atoms with E-state index in [1.165, 1.54) is 0 Å². The van der Waals surface area contributed by atoms with Crippen molar-refractivity contribution in [1.82, 2.24) is 21.3 Å². The lowest BCUT2D eigenvalue weighted by Crippen LogP contribution is -2.60. The van der Waals surface area contributed by atoms with Crippen molar-refractivity contribution < 1.29 is 14.4 Å². The van der Waals surface area contributed by atoms with Gasteiger partial charge >= 0.3 is 0 Å². The van der Waals surface area contributed by atoms with Crippen molar-refractivity contribution in [2.45, 2.75) is 31.3 Å². The van der Waals surface area contributed by atoms with Crippen molar-refractivity contribution in [3.63, 3.8) is 0 Å². The van der Waals surface area contributed by atoms with Gasteiger partial charge in [0, 0.05) is 13.1 Å². The molecule has 0 aliphatic carbocycles. The Bertz CT molecular complexity index is 348. The maximum absolute atomic E-state index is 11.9. The maximum Gasteiger partial charge on any atom is 0.242 e. The minimum atomic E-state index is -0.459. The Morgan fingerprint density at radius 3 is 2.78 bits per heavy atom. The average Bonchev–Trinajstić information content (AvgIpc) is 2.56. The zero-order valence-corrected chi connectivity index (χ0v) is 10.1. The molecule has 0 spiro atoms. The molecule has 2 aliphatic rings. The van der Waals surface area contributed by atoms with Gasteiger partial charge in [-0.3, -0.25) is 19.7 Å². The highest BCUT2D eigenvalue weighted by atomic mass is 16.2. The van der Waals surface area contributed by atoms with E-state index in [4.69, 9.17) is 0 Å². The summed E-state index contributed by atoms with van der Waals surface area (Å²) in [5.41, 5.74) is 0. The van der Waals surface area contributed by atoms with E-state index in [0.29, 0.717) is 13.0 Å². The molecule has 2 atom stereocenters. The molecule has 3 amide bonds. The van der Waals surface area contributed by atoms with E-state index in [1.54, 1.807) is 0 Å². The summed E-state index contributed by atoms with van der Waals surface area (Å²) in [6.45, 7) is 1.07. The molecule has 2 saturated heterocycles. The minimum Gasteiger partial charge on any atom is -0.354 e. The van der Waals surface area contributed by atoms with Crippen LogP contribution in [0.3, 0.4) is 0 Å². The molecule has 7 nitrogen and oxygen atoms in total. The second kappa shape index (κ2) is 5.81. The first-order valence-corrected chi connectivity index (χ1v) is 6.25. The van der Waals surface area contributed by atoms with Crippen molar-refractivity contribution >= 4 is 17.7 Å². The smallest absolute Gasteiger partial charge is 0.242 e. The van der Waals surface area contributed by atoms with Crippen LogP contribution in [0.2, 0.25) is 0 Å². The van der Waals surface area contributed by atoms with E-state index in [1.807, 2.05) is 0 Å². The Hall–Kier alpha value is -1.63. The van der Waals surface area contributed by atoms with Crippen LogP contribution in [0.1, 0.15) is 19.3 Å². The molecular weight excluding hydrogens is 236 g/mol. The van der Waals surface area contributed by atoms with Crippen LogP contribution >= 0.6 is 0 Å². The SMILES string of the molecule is O=C1CNC(C(=O)NC2CCCCNC2=O)CN1. The second-order valence-corrected chi connectivity index (χ2v) is 4.59. The Kier molecular flexibility index (Phi) is 4.14. The van der Waals surface area contributed by atoms with Gasteiger partial charge in [-0.05, 0) is 19.3 Å². The van der Waals surface area contributed by atoms with E-state index >= 15 is 0 Å². The lowest BCUT2D eigenvalue weighted by Gasteiger charge is -2.25. The standard InChI is InChI=1S/C11H18N4O3/c16-9-6-13-8(5-14-9)11(18)15-7-3-1-2-4-12-10(7)17/h7-8,13H,1-6H2,(H,12,17)(H,14,16)(H,15,18). The van der Waals surface area contributed by atoms with Crippen LogP contribution in [0, 0.1) is 0 Å². The topological polar surface area (TPSA) is 99.3 Å². The first kappa shape index (κ1) is 12.8. The van der Waals surface area contributed by atoms with Gasteiger partial charge in [-0.25, -0.2) is 0 Å². The average molecular weight is 254 g/mol. The lowest BCUT2D eigenvalue weighted by atomic mass is 10.1. The molecule has 18 heavy (non-hydrogen) atoms. The second-order valence-electron chi connectivity index (χ2n) is 4.59. The molecule has 7 heteroatoms. The molecule has 2 aliphatic heterocycles. The van der Waals surface area contributed by atoms with Crippen LogP contribution in [0.15, 0.2) is 0 Å². The van der Waals surface area contributed by atoms with Crippen LogP contribution < -0.4 is 21.3 Å². The summed E-state index contributed by atoms with van der Waals surface area (Å²) in [4.78, 5) is 34.5. The Balaban J connectivity index is 1.85. The summed E-state index contributed by atoms with van der Waals surface area (Å²) in [6.07, 6.45) is 2.52. The van der Waals surface area contributed by atoms with Crippen LogP contribution in [-0.2, 0) is 14.4 Å². The van der Waals surface area contributed by atoms with Crippen LogP contribution in [-0.4, -0.2) is 49.4 Å². The highest BCUT2D eigenvalue weighted by Gasteiger charge is 2.28. The largest absolute Gasteiger partial charge is 0.354 e. The fraction of sp³-hybridized carbons (Fsp3) is 0.727. The minimum absolute atomic E-state index is 0.119. The molecule has 0 bridgehead atoms. The maximum atomic E-state index is 11.9. The van der Waals surface area contributed by atoms with Gasteiger partial charge in [-0.15, -0.1) is 0 Å². The highest BCUT2D eigenvalue weighted by molar-refractivity contribution is 5.91. The Morgan fingerprint density at radius 1 is 1.22 bits per heavy atom. The Labute approximate surface area is 105 Å². The molecule has 2 fully saturated rings. The quantitative estimate of drug-likeness (QED) is 0.452. The number of hydrogen-bond donors (Lipinski definition) is 4. The van der Waals surface area contributed by atoms with E-state index < -0.39 is 12.1 Å². The summed E-state index contributed by atoms with van der Waals surface area (Å²) < 4.78 is 0. The summed E-state index contributed by atoms with van der Waals surface area (Å²) in [5, 5.41) is 10.9. The van der Waals surface area contributed by atoms with E-state index in [2.05, 4.69) is 21.3 Å². The number of hydrogen-bond acceptors (Lipinski definition) is 4. The molecule has 0 aromatic heterocycles. The third-order valence-corrected chi connectivity index (χ3v) is 3.18. The fourth-order valence-electron chi connectivity index (χ4n) is 2.10. The number of rotatable bonds is 2. The number of nitrogens with one attached hydrogen (secondary N) is 4. The normalized spacial score (nSPS) is 28.9. The first-order chi connectivity index (χ1) is 8.66. The zero-order valence-electron chi connectivity index (χ0n) is 10.1. The molecule has 0 aromatic carbocycles. The van der Waals surface area contributed by atoms with E-state index in [0.717, 1.165) is 12.8 Å². The van der Waals surface area contributed by atoms with Gasteiger partial charge in [0.2, 0.25) is 17.7 Å². The fourth-order valence-corrected chi connectivity index (χ4v) is 2.10. The van der Waals surface area contributed by atoms with Crippen LogP contribution in [0.25, 0.3) is 0 Å². The van der Waals surface area contributed by atoms with Crippen molar-refractivity contribution in [3.05, 3.63) is 0 Å². The van der Waals surface area contributed by atoms with Gasteiger partial charge in [0.25, 0.3) is 0 Å². The lowest BCUT2D eigenvalue weighted by molar-refractivity contribution is -0.131. The van der Waals surface area contributed by atoms with Crippen molar-refractivity contribution in [1.29, 1.82) is 0 Å². The molecule has 2 unspecified atom stereocenters. The third-order valence-electron chi connectivity index (χ3n) is 3.18. The van der Waals surface area contributed by atoms with Crippen molar-refractivity contribution in [2.24, 2.45) is 0 Å². The molecule has 2 heterocycles. The van der Waals surface area contributed by atoms with Crippen LogP contribution in [0.4, 0.5) is 0 Å². The molecule has 4 N–H and O–H groups in total. The van der Waals surface area contributed by atoms with E-state index in [9.17, 15) is 14.4 Å². The summed E-state index contributed by atoms with van der Waals surface area (Å²) >= 11 is 0. The predicted molar refractivity (Wildman–Crippen MR) is 63.6 cm³/mol. The molecule has 0 aromatic rings. The zero-order chi connectivity index (χ0) is 13.0. The number of amides is 3. The summed E-state index contributed by atoms with van der Waals surface area (Å²) in [7, 11) is 0. The van der Waals surface area contributed by atoms with Gasteiger partial charge in [0.05, 0.1) is 6.54 Å². The molecule has 0 saturated carbocycles. The number of piperazine rings is 1. The van der Waals surface area contributed by atoms with Gasteiger partial charge in [-0.2, -0.15) is 0 Å². The number of carbonyl (C=O) groups is 3. The van der Waals surface area contributed by atoms with Crippen molar-refractivity contribution in [2.75, 3.05) is 19.6 Å². The Morgan fingerprint density at radius 2 is 2.06 bits per heavy atom. The monoisotopic (exact) mass is 254 g/mol. The predicted octanol–water partition coefficient (Wildman–Crippen LogP) is -2.14. The van der Waals surface area contributed by atoms with Gasteiger partial charge < -0.3 is 16.0 Å². The van der Waals surface area contributed by atoms with Crippen molar-refractivity contribution in [3.8, 4) is 0 Å². The van der Waals surface area contributed by atoms with E-state index in [-0.39, 0.29) is 30.8 Å². The van der Waals surface area contributed by atoms with Crippen LogP contribution in [0.5, 0.6) is 0 Å². The van der Waals surface area contributed by atoms with Gasteiger partial charge in [0.15, 0.2) is 0 Å². The summed E-state index contributed by atoms with van der Waals surface area (Å²) in [6, 6.07) is -0.918.